The number of guanidine groups is 1. The van der Waals surface area contributed by atoms with Crippen LogP contribution in [0.2, 0.25) is 5.15 Å². The number of halogens is 3. The molecular weight excluding hydrogens is 412 g/mol. The van der Waals surface area contributed by atoms with Crippen molar-refractivity contribution < 1.29 is 13.5 Å². The fraction of sp³-hybridized carbons (Fsp3) is 0.190. The number of rotatable bonds is 1. The summed E-state index contributed by atoms with van der Waals surface area (Å²) < 4.78 is 34.8. The topological polar surface area (TPSA) is 76.6 Å². The van der Waals surface area contributed by atoms with Gasteiger partial charge in [0.2, 0.25) is 5.95 Å². The molecule has 2 aliphatic heterocycles. The monoisotopic (exact) mass is 427 g/mol. The molecule has 1 unspecified atom stereocenters. The largest absolute Gasteiger partial charge is 0.452 e. The van der Waals surface area contributed by atoms with Crippen LogP contribution in [0.5, 0.6) is 11.5 Å². The van der Waals surface area contributed by atoms with E-state index in [4.69, 9.17) is 27.1 Å². The Balaban J connectivity index is 1.80. The van der Waals surface area contributed by atoms with Crippen molar-refractivity contribution in [1.29, 1.82) is 0 Å². The van der Waals surface area contributed by atoms with Crippen molar-refractivity contribution in [2.24, 2.45) is 10.7 Å². The smallest absolute Gasteiger partial charge is 0.257 e. The fourth-order valence-electron chi connectivity index (χ4n) is 4.01. The molecule has 0 fully saturated rings. The van der Waals surface area contributed by atoms with Crippen molar-refractivity contribution in [2.45, 2.75) is 12.0 Å². The number of fused-ring (bicyclic) bond motifs is 4. The van der Waals surface area contributed by atoms with Gasteiger partial charge < -0.3 is 15.4 Å². The average Bonchev–Trinajstić information content (AvgIpc) is 2.72. The van der Waals surface area contributed by atoms with Gasteiger partial charge in [-0.05, 0) is 42.3 Å². The summed E-state index contributed by atoms with van der Waals surface area (Å²) in [5.41, 5.74) is 7.15. The van der Waals surface area contributed by atoms with Crippen LogP contribution < -0.4 is 10.5 Å². The highest BCUT2D eigenvalue weighted by Gasteiger charge is 2.46. The maximum absolute atomic E-state index is 14.7. The SMILES string of the molecule is CN1CCC2(N=C1N)c1cc(-c3cccnc3F)ccc1Oc1c2cc(Cl)nc1F. The molecule has 1 atom stereocenters. The summed E-state index contributed by atoms with van der Waals surface area (Å²) in [6.07, 6.45) is 1.88. The number of aromatic nitrogens is 2. The van der Waals surface area contributed by atoms with Crippen LogP contribution >= 0.6 is 11.6 Å². The molecule has 0 saturated heterocycles. The molecule has 9 heteroatoms. The molecule has 0 radical (unpaired) electrons. The van der Waals surface area contributed by atoms with Crippen molar-refractivity contribution in [3.8, 4) is 22.6 Å². The van der Waals surface area contributed by atoms with Gasteiger partial charge in [0.05, 0.1) is 0 Å². The van der Waals surface area contributed by atoms with Crippen LogP contribution in [0.25, 0.3) is 11.1 Å². The van der Waals surface area contributed by atoms with Crippen molar-refractivity contribution in [3.63, 3.8) is 0 Å². The normalized spacial score (nSPS) is 19.7. The molecule has 30 heavy (non-hydrogen) atoms. The number of hydrogen-bond donors (Lipinski definition) is 1. The van der Waals surface area contributed by atoms with E-state index in [0.717, 1.165) is 0 Å². The summed E-state index contributed by atoms with van der Waals surface area (Å²) in [5.74, 6) is -0.745. The van der Waals surface area contributed by atoms with Gasteiger partial charge in [0.1, 0.15) is 16.4 Å². The molecular formula is C21H16ClF2N5O. The van der Waals surface area contributed by atoms with E-state index in [-0.39, 0.29) is 10.9 Å². The Bertz CT molecular complexity index is 1220. The first-order valence-corrected chi connectivity index (χ1v) is 9.63. The van der Waals surface area contributed by atoms with Gasteiger partial charge in [0.15, 0.2) is 11.7 Å². The lowest BCUT2D eigenvalue weighted by Gasteiger charge is -2.42. The standard InChI is InChI=1S/C21H16ClF2N5O/c1-29-8-6-21(28-20(29)25)13-9-11(12-3-2-7-26-18(12)23)4-5-15(13)30-17-14(21)10-16(22)27-19(17)24/h2-5,7,9-10H,6,8H2,1H3,(H2,25,28). The van der Waals surface area contributed by atoms with Crippen molar-refractivity contribution >= 4 is 17.6 Å². The number of pyridine rings is 2. The molecule has 6 nitrogen and oxygen atoms in total. The molecule has 2 aromatic heterocycles. The number of ether oxygens (including phenoxy) is 1. The Hall–Kier alpha value is -3.26. The second-order valence-corrected chi connectivity index (χ2v) is 7.66. The molecule has 5 rings (SSSR count). The third kappa shape index (κ3) is 2.71. The minimum Gasteiger partial charge on any atom is -0.452 e. The van der Waals surface area contributed by atoms with Crippen LogP contribution in [0.4, 0.5) is 8.78 Å². The first-order chi connectivity index (χ1) is 14.4. The number of benzene rings is 1. The van der Waals surface area contributed by atoms with E-state index in [1.54, 1.807) is 36.4 Å². The second kappa shape index (κ2) is 6.63. The molecule has 4 heterocycles. The summed E-state index contributed by atoms with van der Waals surface area (Å²) in [4.78, 5) is 14.0. The number of nitrogens with zero attached hydrogens (tertiary/aromatic N) is 4. The second-order valence-electron chi connectivity index (χ2n) is 7.27. The van der Waals surface area contributed by atoms with Crippen LogP contribution in [-0.4, -0.2) is 34.4 Å². The van der Waals surface area contributed by atoms with Gasteiger partial charge in [-0.15, -0.1) is 0 Å². The van der Waals surface area contributed by atoms with Crippen LogP contribution in [0.15, 0.2) is 47.6 Å². The van der Waals surface area contributed by atoms with E-state index in [2.05, 4.69) is 9.97 Å². The Morgan fingerprint density at radius 3 is 2.77 bits per heavy atom. The summed E-state index contributed by atoms with van der Waals surface area (Å²) in [7, 11) is 1.83. The van der Waals surface area contributed by atoms with Crippen LogP contribution in [0, 0.1) is 11.9 Å². The Morgan fingerprint density at radius 1 is 1.17 bits per heavy atom. The molecule has 1 aromatic carbocycles. The van der Waals surface area contributed by atoms with Crippen LogP contribution in [-0.2, 0) is 5.54 Å². The highest BCUT2D eigenvalue weighted by molar-refractivity contribution is 6.29. The quantitative estimate of drug-likeness (QED) is 0.592. The first-order valence-electron chi connectivity index (χ1n) is 9.25. The fourth-order valence-corrected chi connectivity index (χ4v) is 4.20. The highest BCUT2D eigenvalue weighted by atomic mass is 35.5. The Labute approximate surface area is 176 Å². The Kier molecular flexibility index (Phi) is 4.14. The lowest BCUT2D eigenvalue weighted by Crippen LogP contribution is -2.46. The van der Waals surface area contributed by atoms with E-state index in [0.29, 0.717) is 46.9 Å². The average molecular weight is 428 g/mol. The van der Waals surface area contributed by atoms with Gasteiger partial charge in [-0.2, -0.15) is 8.78 Å². The van der Waals surface area contributed by atoms with Gasteiger partial charge in [-0.3, -0.25) is 0 Å². The third-order valence-electron chi connectivity index (χ3n) is 5.56. The summed E-state index contributed by atoms with van der Waals surface area (Å²) in [5, 5.41) is -0.0140. The van der Waals surface area contributed by atoms with Crippen molar-refractivity contribution in [1.82, 2.24) is 14.9 Å². The lowest BCUT2D eigenvalue weighted by molar-refractivity contribution is 0.313. The molecule has 2 aliphatic rings. The predicted octanol–water partition coefficient (Wildman–Crippen LogP) is 4.07. The number of hydrogen-bond acceptors (Lipinski definition) is 6. The molecule has 3 aromatic rings. The zero-order valence-corrected chi connectivity index (χ0v) is 16.6. The van der Waals surface area contributed by atoms with Gasteiger partial charge >= 0.3 is 0 Å². The van der Waals surface area contributed by atoms with E-state index in [9.17, 15) is 8.78 Å². The third-order valence-corrected chi connectivity index (χ3v) is 5.75. The molecule has 152 valence electrons. The molecule has 0 amide bonds. The van der Waals surface area contributed by atoms with Gasteiger partial charge in [0.25, 0.3) is 5.95 Å². The predicted molar refractivity (Wildman–Crippen MR) is 109 cm³/mol. The maximum atomic E-state index is 14.7. The van der Waals surface area contributed by atoms with Gasteiger partial charge in [-0.1, -0.05) is 17.7 Å². The number of aliphatic imine (C=N–C) groups is 1. The molecule has 2 N–H and O–H groups in total. The lowest BCUT2D eigenvalue weighted by atomic mass is 9.77. The zero-order valence-electron chi connectivity index (χ0n) is 15.9. The van der Waals surface area contributed by atoms with Gasteiger partial charge in [0, 0.05) is 36.5 Å². The summed E-state index contributed by atoms with van der Waals surface area (Å²) >= 11 is 6.07. The summed E-state index contributed by atoms with van der Waals surface area (Å²) in [6.45, 7) is 0.571. The molecule has 1 spiro atoms. The number of nitrogens with two attached hydrogens (primary N) is 1. The Morgan fingerprint density at radius 2 is 2.00 bits per heavy atom. The molecule has 0 aliphatic carbocycles. The van der Waals surface area contributed by atoms with E-state index in [1.165, 1.54) is 6.20 Å². The van der Waals surface area contributed by atoms with Crippen molar-refractivity contribution in [2.75, 3.05) is 13.6 Å². The van der Waals surface area contributed by atoms with Crippen LogP contribution in [0.1, 0.15) is 17.5 Å². The minimum atomic E-state index is -1.04. The summed E-state index contributed by atoms with van der Waals surface area (Å²) in [6, 6.07) is 9.99. The molecule has 0 saturated carbocycles. The highest BCUT2D eigenvalue weighted by Crippen LogP contribution is 2.53. The van der Waals surface area contributed by atoms with Gasteiger partial charge in [-0.25, -0.2) is 15.0 Å². The van der Waals surface area contributed by atoms with Crippen molar-refractivity contribution in [3.05, 3.63) is 70.8 Å². The maximum Gasteiger partial charge on any atom is 0.257 e. The van der Waals surface area contributed by atoms with E-state index in [1.807, 2.05) is 11.9 Å². The van der Waals surface area contributed by atoms with E-state index < -0.39 is 17.4 Å². The molecule has 0 bridgehead atoms. The van der Waals surface area contributed by atoms with Crippen LogP contribution in [0.3, 0.4) is 0 Å². The van der Waals surface area contributed by atoms with E-state index >= 15 is 0 Å². The minimum absolute atomic E-state index is 0.0140. The zero-order chi connectivity index (χ0) is 21.0. The first kappa shape index (κ1) is 18.7.